The monoisotopic (exact) mass is 224 g/mol. The van der Waals surface area contributed by atoms with Gasteiger partial charge in [0, 0.05) is 6.42 Å². The van der Waals surface area contributed by atoms with Crippen molar-refractivity contribution in [3.63, 3.8) is 0 Å². The summed E-state index contributed by atoms with van der Waals surface area (Å²) in [5, 5.41) is 0. The summed E-state index contributed by atoms with van der Waals surface area (Å²) in [5.74, 6) is -0.102. The molecular formula is C14H24O2. The number of hydrogen-bond donors (Lipinski definition) is 0. The van der Waals surface area contributed by atoms with Crippen LogP contribution in [-0.4, -0.2) is 11.6 Å². The first-order chi connectivity index (χ1) is 7.45. The van der Waals surface area contributed by atoms with Crippen LogP contribution >= 0.6 is 0 Å². The molecular weight excluding hydrogens is 200 g/mol. The molecule has 0 atom stereocenters. The lowest BCUT2D eigenvalue weighted by molar-refractivity contribution is -0.154. The number of unbranched alkanes of at least 4 members (excludes halogenated alkanes) is 1. The molecule has 0 aromatic heterocycles. The van der Waals surface area contributed by atoms with Gasteiger partial charge in [0.15, 0.2) is 0 Å². The second kappa shape index (κ2) is 8.14. The molecule has 0 N–H and O–H groups in total. The van der Waals surface area contributed by atoms with Crippen LogP contribution in [0.4, 0.5) is 0 Å². The van der Waals surface area contributed by atoms with Crippen LogP contribution in [-0.2, 0) is 9.53 Å². The summed E-state index contributed by atoms with van der Waals surface area (Å²) in [5.41, 5.74) is -0.362. The fourth-order valence-electron chi connectivity index (χ4n) is 1.19. The van der Waals surface area contributed by atoms with Gasteiger partial charge in [-0.15, -0.1) is 0 Å². The second-order valence-electron chi connectivity index (χ2n) is 4.75. The minimum atomic E-state index is -0.362. The zero-order valence-corrected chi connectivity index (χ0v) is 11.0. The molecule has 2 nitrogen and oxygen atoms in total. The normalized spacial score (nSPS) is 12.5. The van der Waals surface area contributed by atoms with Crippen molar-refractivity contribution in [1.29, 1.82) is 0 Å². The number of hydrogen-bond acceptors (Lipinski definition) is 2. The molecule has 0 aliphatic carbocycles. The molecule has 2 heteroatoms. The van der Waals surface area contributed by atoms with Gasteiger partial charge >= 0.3 is 5.97 Å². The molecule has 0 amide bonds. The lowest BCUT2D eigenvalue weighted by Crippen LogP contribution is -2.23. The maximum Gasteiger partial charge on any atom is 0.306 e. The lowest BCUT2D eigenvalue weighted by atomic mass is 10.2. The zero-order chi connectivity index (χ0) is 12.4. The first kappa shape index (κ1) is 14.9. The number of carbonyl (C=O) groups is 1. The van der Waals surface area contributed by atoms with Gasteiger partial charge < -0.3 is 4.74 Å². The van der Waals surface area contributed by atoms with E-state index >= 15 is 0 Å². The summed E-state index contributed by atoms with van der Waals surface area (Å²) in [4.78, 5) is 11.3. The molecule has 0 radical (unpaired) electrons. The van der Waals surface area contributed by atoms with E-state index in [9.17, 15) is 4.79 Å². The Kier molecular flexibility index (Phi) is 7.61. The Labute approximate surface area is 99.4 Å². The Bertz CT molecular complexity index is 244. The van der Waals surface area contributed by atoms with Crippen LogP contribution in [0.15, 0.2) is 24.3 Å². The van der Waals surface area contributed by atoms with E-state index < -0.39 is 0 Å². The maximum absolute atomic E-state index is 11.3. The van der Waals surface area contributed by atoms with Gasteiger partial charge in [0.25, 0.3) is 0 Å². The standard InChI is InChI=1S/C14H24O2/c1-5-6-7-8-9-10-11-12-13(15)16-14(2,3)4/h5-6,8-9H,7,10-12H2,1-4H3/b6-5-,9-8-. The third-order valence-corrected chi connectivity index (χ3v) is 1.85. The van der Waals surface area contributed by atoms with E-state index in [1.807, 2.05) is 33.8 Å². The Morgan fingerprint density at radius 1 is 1.19 bits per heavy atom. The van der Waals surface area contributed by atoms with Crippen molar-refractivity contribution in [2.24, 2.45) is 0 Å². The van der Waals surface area contributed by atoms with Crippen molar-refractivity contribution in [3.05, 3.63) is 24.3 Å². The highest BCUT2D eigenvalue weighted by Gasteiger charge is 2.15. The molecule has 0 saturated carbocycles. The number of carbonyl (C=O) groups excluding carboxylic acids is 1. The van der Waals surface area contributed by atoms with Crippen molar-refractivity contribution in [2.75, 3.05) is 0 Å². The van der Waals surface area contributed by atoms with Crippen LogP contribution in [0.3, 0.4) is 0 Å². The van der Waals surface area contributed by atoms with Gasteiger partial charge in [0.05, 0.1) is 0 Å². The summed E-state index contributed by atoms with van der Waals surface area (Å²) in [6, 6.07) is 0. The Hall–Kier alpha value is -1.05. The highest BCUT2D eigenvalue weighted by Crippen LogP contribution is 2.10. The summed E-state index contributed by atoms with van der Waals surface area (Å²) < 4.78 is 5.21. The summed E-state index contributed by atoms with van der Waals surface area (Å²) in [7, 11) is 0. The van der Waals surface area contributed by atoms with Gasteiger partial charge in [0.1, 0.15) is 5.60 Å². The maximum atomic E-state index is 11.3. The highest BCUT2D eigenvalue weighted by atomic mass is 16.6. The van der Waals surface area contributed by atoms with E-state index in [4.69, 9.17) is 4.74 Å². The van der Waals surface area contributed by atoms with Gasteiger partial charge in [-0.05, 0) is 47.0 Å². The summed E-state index contributed by atoms with van der Waals surface area (Å²) in [6.45, 7) is 7.68. The Balaban J connectivity index is 3.52. The fraction of sp³-hybridized carbons (Fsp3) is 0.643. The van der Waals surface area contributed by atoms with E-state index in [0.717, 1.165) is 19.3 Å². The SMILES string of the molecule is C/C=C\C/C=C\CCCC(=O)OC(C)(C)C. The van der Waals surface area contributed by atoms with Gasteiger partial charge in [-0.25, -0.2) is 0 Å². The molecule has 0 heterocycles. The van der Waals surface area contributed by atoms with Crippen LogP contribution in [0, 0.1) is 0 Å². The Morgan fingerprint density at radius 2 is 1.88 bits per heavy atom. The third kappa shape index (κ3) is 11.0. The van der Waals surface area contributed by atoms with Gasteiger partial charge in [-0.1, -0.05) is 24.3 Å². The van der Waals surface area contributed by atoms with Gasteiger partial charge in [0.2, 0.25) is 0 Å². The quantitative estimate of drug-likeness (QED) is 0.387. The van der Waals surface area contributed by atoms with Crippen LogP contribution in [0.1, 0.15) is 53.4 Å². The molecule has 0 unspecified atom stereocenters. The largest absolute Gasteiger partial charge is 0.460 e. The van der Waals surface area contributed by atoms with Crippen molar-refractivity contribution >= 4 is 5.97 Å². The van der Waals surface area contributed by atoms with E-state index in [-0.39, 0.29) is 11.6 Å². The molecule has 0 rings (SSSR count). The Morgan fingerprint density at radius 3 is 2.44 bits per heavy atom. The fourth-order valence-corrected chi connectivity index (χ4v) is 1.19. The number of ether oxygens (including phenoxy) is 1. The number of rotatable bonds is 6. The highest BCUT2D eigenvalue weighted by molar-refractivity contribution is 5.69. The van der Waals surface area contributed by atoms with Crippen molar-refractivity contribution in [1.82, 2.24) is 0 Å². The van der Waals surface area contributed by atoms with Crippen molar-refractivity contribution in [2.45, 2.75) is 59.0 Å². The average Bonchev–Trinajstić information content (AvgIpc) is 2.13. The summed E-state index contributed by atoms with van der Waals surface area (Å²) >= 11 is 0. The second-order valence-corrected chi connectivity index (χ2v) is 4.75. The van der Waals surface area contributed by atoms with Crippen LogP contribution in [0.5, 0.6) is 0 Å². The number of esters is 1. The lowest BCUT2D eigenvalue weighted by Gasteiger charge is -2.19. The van der Waals surface area contributed by atoms with Gasteiger partial charge in [-0.3, -0.25) is 4.79 Å². The first-order valence-electron chi connectivity index (χ1n) is 5.93. The predicted molar refractivity (Wildman–Crippen MR) is 68.3 cm³/mol. The van der Waals surface area contributed by atoms with Gasteiger partial charge in [-0.2, -0.15) is 0 Å². The van der Waals surface area contributed by atoms with E-state index in [2.05, 4.69) is 18.2 Å². The zero-order valence-electron chi connectivity index (χ0n) is 11.0. The molecule has 0 bridgehead atoms. The van der Waals surface area contributed by atoms with E-state index in [1.54, 1.807) is 0 Å². The smallest absolute Gasteiger partial charge is 0.306 e. The van der Waals surface area contributed by atoms with E-state index in [1.165, 1.54) is 0 Å². The third-order valence-electron chi connectivity index (χ3n) is 1.85. The molecule has 0 aliphatic heterocycles. The first-order valence-corrected chi connectivity index (χ1v) is 5.93. The summed E-state index contributed by atoms with van der Waals surface area (Å²) in [6.07, 6.45) is 11.7. The molecule has 0 spiro atoms. The van der Waals surface area contributed by atoms with Crippen LogP contribution < -0.4 is 0 Å². The molecule has 0 aliphatic rings. The minimum absolute atomic E-state index is 0.102. The van der Waals surface area contributed by atoms with Crippen LogP contribution in [0.2, 0.25) is 0 Å². The predicted octanol–water partition coefficient (Wildman–Crippen LogP) is 4.02. The number of allylic oxidation sites excluding steroid dienone is 4. The van der Waals surface area contributed by atoms with Crippen molar-refractivity contribution < 1.29 is 9.53 Å². The average molecular weight is 224 g/mol. The van der Waals surface area contributed by atoms with Crippen LogP contribution in [0.25, 0.3) is 0 Å². The van der Waals surface area contributed by atoms with E-state index in [0.29, 0.717) is 6.42 Å². The molecule has 92 valence electrons. The molecule has 0 fully saturated rings. The molecule has 0 aromatic rings. The minimum Gasteiger partial charge on any atom is -0.460 e. The molecule has 16 heavy (non-hydrogen) atoms. The molecule has 0 saturated heterocycles. The molecule has 0 aromatic carbocycles. The van der Waals surface area contributed by atoms with Crippen molar-refractivity contribution in [3.8, 4) is 0 Å². The topological polar surface area (TPSA) is 26.3 Å².